The van der Waals surface area contributed by atoms with Crippen LogP contribution in [-0.4, -0.2) is 30.9 Å². The summed E-state index contributed by atoms with van der Waals surface area (Å²) in [5, 5.41) is 0. The summed E-state index contributed by atoms with van der Waals surface area (Å²) < 4.78 is 11.3. The van der Waals surface area contributed by atoms with E-state index in [9.17, 15) is 4.79 Å². The number of carbonyl (C=O) groups is 1. The molecule has 0 spiro atoms. The van der Waals surface area contributed by atoms with Crippen LogP contribution in [-0.2, 0) is 14.3 Å². The largest absolute Gasteiger partial charge is 0.500 e. The highest BCUT2D eigenvalue weighted by Gasteiger charge is 2.48. The third-order valence-corrected chi connectivity index (χ3v) is 4.71. The maximum absolute atomic E-state index is 13.0. The van der Waals surface area contributed by atoms with Crippen LogP contribution in [0.1, 0.15) is 33.6 Å². The molecule has 1 aliphatic carbocycles. The number of aliphatic imine (C=N–C) groups is 1. The average molecular weight is 329 g/mol. The number of nitrogens with zero attached hydrogens (tertiary/aromatic N) is 1. The molecule has 0 fully saturated rings. The topological polar surface area (TPSA) is 47.9 Å². The molecule has 0 aromatic heterocycles. The van der Waals surface area contributed by atoms with Crippen LogP contribution < -0.4 is 0 Å². The Labute approximate surface area is 144 Å². The first-order chi connectivity index (χ1) is 11.3. The van der Waals surface area contributed by atoms with Gasteiger partial charge in [-0.05, 0) is 39.3 Å². The summed E-state index contributed by atoms with van der Waals surface area (Å²) in [6, 6.07) is 0. The summed E-state index contributed by atoms with van der Waals surface area (Å²) in [5.41, 5.74) is -0.190. The van der Waals surface area contributed by atoms with Gasteiger partial charge in [-0.15, -0.1) is 13.2 Å². The van der Waals surface area contributed by atoms with Crippen molar-refractivity contribution in [3.05, 3.63) is 48.8 Å². The first-order valence-corrected chi connectivity index (χ1v) is 8.26. The molecule has 2 atom stereocenters. The molecule has 2 rings (SSSR count). The van der Waals surface area contributed by atoms with E-state index in [0.717, 1.165) is 5.57 Å². The molecule has 0 amide bonds. The van der Waals surface area contributed by atoms with Crippen LogP contribution in [0.15, 0.2) is 53.8 Å². The minimum Gasteiger partial charge on any atom is -0.500 e. The fourth-order valence-corrected chi connectivity index (χ4v) is 3.29. The summed E-state index contributed by atoms with van der Waals surface area (Å²) >= 11 is 0. The van der Waals surface area contributed by atoms with Gasteiger partial charge in [-0.25, -0.2) is 4.99 Å². The number of allylic oxidation sites excluding steroid dienone is 5. The van der Waals surface area contributed by atoms with Gasteiger partial charge < -0.3 is 9.47 Å². The number of hydrogen-bond acceptors (Lipinski definition) is 4. The molecule has 24 heavy (non-hydrogen) atoms. The number of methoxy groups -OCH3 is 1. The van der Waals surface area contributed by atoms with Crippen molar-refractivity contribution in [2.45, 2.75) is 39.2 Å². The smallest absolute Gasteiger partial charge is 0.213 e. The number of Topliss-reactive ketones (excluding diaryl/α,β-unsaturated/α-hetero) is 1. The maximum atomic E-state index is 13.0. The molecule has 130 valence electrons. The van der Waals surface area contributed by atoms with Gasteiger partial charge in [0.1, 0.15) is 18.1 Å². The molecule has 4 nitrogen and oxygen atoms in total. The summed E-state index contributed by atoms with van der Waals surface area (Å²) in [6.45, 7) is 14.2. The van der Waals surface area contributed by atoms with E-state index < -0.39 is 5.41 Å². The highest BCUT2D eigenvalue weighted by molar-refractivity contribution is 5.99. The van der Waals surface area contributed by atoms with Crippen LogP contribution in [0.2, 0.25) is 0 Å². The Morgan fingerprint density at radius 2 is 2.12 bits per heavy atom. The molecule has 1 aliphatic heterocycles. The Morgan fingerprint density at radius 3 is 2.62 bits per heavy atom. The zero-order chi connectivity index (χ0) is 18.0. The van der Waals surface area contributed by atoms with Crippen molar-refractivity contribution in [1.82, 2.24) is 0 Å². The molecule has 0 aromatic rings. The van der Waals surface area contributed by atoms with E-state index in [1.165, 1.54) is 0 Å². The number of ketones is 1. The van der Waals surface area contributed by atoms with Gasteiger partial charge in [-0.1, -0.05) is 12.2 Å². The van der Waals surface area contributed by atoms with Crippen molar-refractivity contribution in [3.8, 4) is 0 Å². The second-order valence-corrected chi connectivity index (χ2v) is 7.04. The van der Waals surface area contributed by atoms with Crippen LogP contribution in [0, 0.1) is 11.3 Å². The van der Waals surface area contributed by atoms with E-state index in [2.05, 4.69) is 18.2 Å². The second kappa shape index (κ2) is 6.80. The molecule has 2 aliphatic rings. The summed E-state index contributed by atoms with van der Waals surface area (Å²) in [4.78, 5) is 17.6. The Balaban J connectivity index is 2.47. The van der Waals surface area contributed by atoms with Gasteiger partial charge in [0.05, 0.1) is 18.1 Å². The molecule has 4 heteroatoms. The average Bonchev–Trinajstić information content (AvgIpc) is 2.91. The highest BCUT2D eigenvalue weighted by atomic mass is 16.5. The number of carbonyl (C=O) groups excluding carboxylic acids is 1. The molecular formula is C20H27NO3. The van der Waals surface area contributed by atoms with Gasteiger partial charge in [-0.3, -0.25) is 4.79 Å². The van der Waals surface area contributed by atoms with Crippen molar-refractivity contribution < 1.29 is 14.3 Å². The van der Waals surface area contributed by atoms with Gasteiger partial charge in [0.25, 0.3) is 0 Å². The molecule has 0 saturated heterocycles. The molecule has 1 heterocycles. The van der Waals surface area contributed by atoms with Crippen molar-refractivity contribution in [2.24, 2.45) is 16.3 Å². The standard InChI is InChI=1S/C20H27NO3/c1-7-9-10-16(22)20(5)15(8-2)14(11-12-17(20)23-6)18-21-19(3,4)13-24-18/h7-8,11-12,15H,1-2,9-10,13H2,3-6H3. The predicted molar refractivity (Wildman–Crippen MR) is 96.9 cm³/mol. The third-order valence-electron chi connectivity index (χ3n) is 4.71. The molecule has 0 N–H and O–H groups in total. The van der Waals surface area contributed by atoms with Crippen molar-refractivity contribution in [3.63, 3.8) is 0 Å². The van der Waals surface area contributed by atoms with Crippen LogP contribution in [0.25, 0.3) is 0 Å². The highest BCUT2D eigenvalue weighted by Crippen LogP contribution is 2.46. The lowest BCUT2D eigenvalue weighted by molar-refractivity contribution is -0.129. The number of rotatable bonds is 7. The van der Waals surface area contributed by atoms with Crippen molar-refractivity contribution >= 4 is 11.7 Å². The fraction of sp³-hybridized carbons (Fsp3) is 0.500. The van der Waals surface area contributed by atoms with E-state index >= 15 is 0 Å². The lowest BCUT2D eigenvalue weighted by Crippen LogP contribution is -2.41. The lowest BCUT2D eigenvalue weighted by Gasteiger charge is -2.39. The molecule has 0 aromatic carbocycles. The first kappa shape index (κ1) is 18.2. The zero-order valence-electron chi connectivity index (χ0n) is 15.1. The van der Waals surface area contributed by atoms with Gasteiger partial charge in [0, 0.05) is 17.9 Å². The Bertz CT molecular complexity index is 639. The molecule has 0 bridgehead atoms. The van der Waals surface area contributed by atoms with Crippen LogP contribution in [0.5, 0.6) is 0 Å². The van der Waals surface area contributed by atoms with Crippen LogP contribution >= 0.6 is 0 Å². The summed E-state index contributed by atoms with van der Waals surface area (Å²) in [7, 11) is 1.59. The molecule has 0 radical (unpaired) electrons. The van der Waals surface area contributed by atoms with Crippen molar-refractivity contribution in [1.29, 1.82) is 0 Å². The number of ether oxygens (including phenoxy) is 2. The van der Waals surface area contributed by atoms with Gasteiger partial charge in [0.15, 0.2) is 0 Å². The van der Waals surface area contributed by atoms with E-state index in [4.69, 9.17) is 9.47 Å². The van der Waals surface area contributed by atoms with E-state index in [1.54, 1.807) is 19.3 Å². The number of hydrogen-bond donors (Lipinski definition) is 0. The minimum atomic E-state index is -0.817. The Kier molecular flexibility index (Phi) is 5.16. The second-order valence-electron chi connectivity index (χ2n) is 7.04. The predicted octanol–water partition coefficient (Wildman–Crippen LogP) is 4.01. The minimum absolute atomic E-state index is 0.101. The zero-order valence-corrected chi connectivity index (χ0v) is 15.1. The molecular weight excluding hydrogens is 302 g/mol. The van der Waals surface area contributed by atoms with Gasteiger partial charge >= 0.3 is 0 Å². The van der Waals surface area contributed by atoms with Gasteiger partial charge in [-0.2, -0.15) is 0 Å². The van der Waals surface area contributed by atoms with E-state index in [-0.39, 0.29) is 17.2 Å². The SMILES string of the molecule is C=CCCC(=O)C1(C)C(OC)=CC=C(C2=NC(C)(C)CO2)C1C=C. The van der Waals surface area contributed by atoms with Crippen molar-refractivity contribution in [2.75, 3.05) is 13.7 Å². The molecule has 2 unspecified atom stereocenters. The van der Waals surface area contributed by atoms with Crippen LogP contribution in [0.3, 0.4) is 0 Å². The van der Waals surface area contributed by atoms with E-state index in [0.29, 0.717) is 31.1 Å². The van der Waals surface area contributed by atoms with Crippen LogP contribution in [0.4, 0.5) is 0 Å². The normalized spacial score (nSPS) is 28.2. The summed E-state index contributed by atoms with van der Waals surface area (Å²) in [5.74, 6) is 1.09. The fourth-order valence-electron chi connectivity index (χ4n) is 3.29. The van der Waals surface area contributed by atoms with E-state index in [1.807, 2.05) is 32.9 Å². The first-order valence-electron chi connectivity index (χ1n) is 8.26. The summed E-state index contributed by atoms with van der Waals surface area (Å²) in [6.07, 6.45) is 8.37. The quantitative estimate of drug-likeness (QED) is 0.663. The monoisotopic (exact) mass is 329 g/mol. The third kappa shape index (κ3) is 3.10. The molecule has 0 saturated carbocycles. The lowest BCUT2D eigenvalue weighted by atomic mass is 9.65. The van der Waals surface area contributed by atoms with Gasteiger partial charge in [0.2, 0.25) is 5.90 Å². The Morgan fingerprint density at radius 1 is 1.42 bits per heavy atom. The maximum Gasteiger partial charge on any atom is 0.213 e. The Hall–Kier alpha value is -2.10.